The number of benzene rings is 2. The molecular weight excluding hydrogens is 337 g/mol. The average Bonchev–Trinajstić information content (AvgIpc) is 3.23. The molecule has 2 aromatic heterocycles. The second-order valence-corrected chi connectivity index (χ2v) is 6.02. The Bertz CT molecular complexity index is 1260. The van der Waals surface area contributed by atoms with Crippen molar-refractivity contribution in [3.8, 4) is 5.69 Å². The van der Waals surface area contributed by atoms with Crippen molar-refractivity contribution in [3.05, 3.63) is 81.9 Å². The van der Waals surface area contributed by atoms with Gasteiger partial charge in [0.25, 0.3) is 5.56 Å². The Labute approximate surface area is 145 Å². The van der Waals surface area contributed by atoms with Crippen molar-refractivity contribution in [1.82, 2.24) is 24.5 Å². The van der Waals surface area contributed by atoms with Gasteiger partial charge >= 0.3 is 0 Å². The number of hydrogen-bond acceptors (Lipinski definition) is 5. The predicted octanol–water partition coefficient (Wildman–Crippen LogP) is 1.71. The largest absolute Gasteiger partial charge is 0.285 e. The molecule has 5 rings (SSSR count). The summed E-state index contributed by atoms with van der Waals surface area (Å²) in [6, 6.07) is 9.02. The van der Waals surface area contributed by atoms with E-state index < -0.39 is 11.6 Å². The fourth-order valence-electron chi connectivity index (χ4n) is 3.22. The van der Waals surface area contributed by atoms with Crippen molar-refractivity contribution in [2.24, 2.45) is 0 Å². The molecule has 0 fully saturated rings. The Balaban J connectivity index is 1.73. The monoisotopic (exact) mass is 347 g/mol. The van der Waals surface area contributed by atoms with Crippen LogP contribution in [0.2, 0.25) is 0 Å². The Morgan fingerprint density at radius 1 is 1.08 bits per heavy atom. The minimum absolute atomic E-state index is 0.00660. The Kier molecular flexibility index (Phi) is 2.90. The van der Waals surface area contributed by atoms with Crippen LogP contribution in [0.25, 0.3) is 16.6 Å². The summed E-state index contributed by atoms with van der Waals surface area (Å²) in [5.74, 6) is -0.977. The van der Waals surface area contributed by atoms with E-state index in [0.29, 0.717) is 23.1 Å². The molecule has 1 aliphatic heterocycles. The van der Waals surface area contributed by atoms with Gasteiger partial charge in [0.1, 0.15) is 5.82 Å². The third kappa shape index (κ3) is 2.02. The van der Waals surface area contributed by atoms with Gasteiger partial charge in [-0.3, -0.25) is 14.2 Å². The van der Waals surface area contributed by atoms with Crippen LogP contribution in [0.15, 0.2) is 53.6 Å². The molecule has 126 valence electrons. The molecule has 2 aromatic carbocycles. The van der Waals surface area contributed by atoms with Gasteiger partial charge in [-0.05, 0) is 35.9 Å². The smallest absolute Gasteiger partial charge is 0.266 e. The number of carbonyl (C=O) groups is 1. The molecule has 26 heavy (non-hydrogen) atoms. The average molecular weight is 347 g/mol. The van der Waals surface area contributed by atoms with Crippen LogP contribution in [0, 0.1) is 5.82 Å². The molecule has 7 nitrogen and oxygen atoms in total. The highest BCUT2D eigenvalue weighted by Crippen LogP contribution is 2.27. The first-order valence-electron chi connectivity index (χ1n) is 7.86. The number of nitrogens with zero attached hydrogens (tertiary/aromatic N) is 5. The minimum Gasteiger partial charge on any atom is -0.285 e. The van der Waals surface area contributed by atoms with Gasteiger partial charge in [0.2, 0.25) is 5.78 Å². The quantitative estimate of drug-likeness (QED) is 0.485. The van der Waals surface area contributed by atoms with Crippen LogP contribution >= 0.6 is 0 Å². The zero-order valence-electron chi connectivity index (χ0n) is 13.3. The highest BCUT2D eigenvalue weighted by Gasteiger charge is 2.30. The van der Waals surface area contributed by atoms with Crippen LogP contribution in [0.1, 0.15) is 21.7 Å². The van der Waals surface area contributed by atoms with Gasteiger partial charge in [0.15, 0.2) is 5.82 Å². The molecule has 3 heterocycles. The van der Waals surface area contributed by atoms with Crippen LogP contribution in [0.4, 0.5) is 4.39 Å². The van der Waals surface area contributed by atoms with Gasteiger partial charge in [-0.25, -0.2) is 14.1 Å². The summed E-state index contributed by atoms with van der Waals surface area (Å²) in [7, 11) is 0. The molecule has 8 heteroatoms. The second kappa shape index (κ2) is 5.16. The number of carbonyl (C=O) groups excluding carboxylic acids is 1. The molecule has 0 amide bonds. The van der Waals surface area contributed by atoms with Gasteiger partial charge in [-0.2, -0.15) is 0 Å². The van der Waals surface area contributed by atoms with Gasteiger partial charge in [-0.15, -0.1) is 5.10 Å². The van der Waals surface area contributed by atoms with E-state index in [1.807, 2.05) is 6.07 Å². The van der Waals surface area contributed by atoms with Crippen LogP contribution in [0.3, 0.4) is 0 Å². The lowest BCUT2D eigenvalue weighted by molar-refractivity contribution is 0.103. The second-order valence-electron chi connectivity index (χ2n) is 6.02. The minimum atomic E-state index is -0.530. The van der Waals surface area contributed by atoms with Crippen LogP contribution < -0.4 is 5.56 Å². The van der Waals surface area contributed by atoms with Crippen molar-refractivity contribution in [3.63, 3.8) is 0 Å². The Hall–Kier alpha value is -3.68. The SMILES string of the molecule is O=C1c2cc(F)ccc2-n2c1nc1ccc(Cn3ccnn3)cc1c2=O. The molecule has 1 aliphatic rings. The van der Waals surface area contributed by atoms with E-state index in [1.165, 1.54) is 16.7 Å². The molecule has 0 aliphatic carbocycles. The molecule has 0 saturated carbocycles. The summed E-state index contributed by atoms with van der Waals surface area (Å²) in [5.41, 5.74) is 1.42. The number of halogens is 1. The summed E-state index contributed by atoms with van der Waals surface area (Å²) < 4.78 is 16.4. The van der Waals surface area contributed by atoms with Crippen molar-refractivity contribution >= 4 is 16.7 Å². The van der Waals surface area contributed by atoms with Crippen LogP contribution in [0.5, 0.6) is 0 Å². The maximum atomic E-state index is 13.5. The molecule has 0 atom stereocenters. The number of rotatable bonds is 2. The summed E-state index contributed by atoms with van der Waals surface area (Å²) in [4.78, 5) is 29.9. The maximum Gasteiger partial charge on any atom is 0.266 e. The third-order valence-corrected chi connectivity index (χ3v) is 4.40. The summed E-state index contributed by atoms with van der Waals surface area (Å²) in [6.07, 6.45) is 3.30. The zero-order chi connectivity index (χ0) is 17.8. The van der Waals surface area contributed by atoms with E-state index in [0.717, 1.165) is 11.6 Å². The fourth-order valence-corrected chi connectivity index (χ4v) is 3.22. The summed E-state index contributed by atoms with van der Waals surface area (Å²) in [6.45, 7) is 0.456. The lowest BCUT2D eigenvalue weighted by Crippen LogP contribution is -2.21. The Morgan fingerprint density at radius 3 is 2.77 bits per heavy atom. The molecule has 0 N–H and O–H groups in total. The lowest BCUT2D eigenvalue weighted by Gasteiger charge is -2.07. The first-order valence-corrected chi connectivity index (χ1v) is 7.86. The van der Waals surface area contributed by atoms with Crippen molar-refractivity contribution < 1.29 is 9.18 Å². The van der Waals surface area contributed by atoms with Crippen molar-refractivity contribution in [1.29, 1.82) is 0 Å². The molecule has 0 spiro atoms. The Morgan fingerprint density at radius 2 is 1.96 bits per heavy atom. The molecule has 0 radical (unpaired) electrons. The van der Waals surface area contributed by atoms with E-state index in [9.17, 15) is 14.0 Å². The van der Waals surface area contributed by atoms with Gasteiger partial charge in [0, 0.05) is 6.20 Å². The van der Waals surface area contributed by atoms with Crippen LogP contribution in [-0.2, 0) is 6.54 Å². The summed E-state index contributed by atoms with van der Waals surface area (Å²) >= 11 is 0. The predicted molar refractivity (Wildman–Crippen MR) is 89.9 cm³/mol. The van der Waals surface area contributed by atoms with E-state index in [2.05, 4.69) is 15.3 Å². The fraction of sp³-hybridized carbons (Fsp3) is 0.0556. The van der Waals surface area contributed by atoms with E-state index in [4.69, 9.17) is 0 Å². The van der Waals surface area contributed by atoms with Gasteiger partial charge in [-0.1, -0.05) is 11.3 Å². The van der Waals surface area contributed by atoms with Gasteiger partial charge < -0.3 is 0 Å². The topological polar surface area (TPSA) is 82.7 Å². The molecule has 4 aromatic rings. The highest BCUT2D eigenvalue weighted by atomic mass is 19.1. The number of fused-ring (bicyclic) bond motifs is 4. The standard InChI is InChI=1S/C18H10FN5O2/c19-11-2-4-15-13(8-11)16(25)17-21-14-3-1-10(9-23-6-5-20-22-23)7-12(14)18(26)24(15)17/h1-8H,9H2. The summed E-state index contributed by atoms with van der Waals surface area (Å²) in [5, 5.41) is 8.05. The first kappa shape index (κ1) is 14.6. The van der Waals surface area contributed by atoms with Crippen molar-refractivity contribution in [2.75, 3.05) is 0 Å². The van der Waals surface area contributed by atoms with E-state index in [1.54, 1.807) is 29.2 Å². The van der Waals surface area contributed by atoms with Gasteiger partial charge in [0.05, 0.1) is 34.9 Å². The maximum absolute atomic E-state index is 13.5. The normalized spacial score (nSPS) is 12.4. The zero-order valence-corrected chi connectivity index (χ0v) is 13.3. The number of aromatic nitrogens is 5. The van der Waals surface area contributed by atoms with Crippen LogP contribution in [-0.4, -0.2) is 30.3 Å². The highest BCUT2D eigenvalue weighted by molar-refractivity contribution is 6.13. The molecule has 0 saturated heterocycles. The number of ketones is 1. The van der Waals surface area contributed by atoms with Crippen molar-refractivity contribution in [2.45, 2.75) is 6.54 Å². The third-order valence-electron chi connectivity index (χ3n) is 4.40. The van der Waals surface area contributed by atoms with E-state index in [-0.39, 0.29) is 16.9 Å². The molecule has 0 unspecified atom stereocenters. The van der Waals surface area contributed by atoms with E-state index >= 15 is 0 Å². The first-order chi connectivity index (χ1) is 12.6. The molecular formula is C18H10FN5O2. The molecule has 0 bridgehead atoms. The number of hydrogen-bond donors (Lipinski definition) is 0. The lowest BCUT2D eigenvalue weighted by atomic mass is 10.1.